The standard InChI is InChI=1S/C22H21N3O3/c1-22(2,3)19(27)16-17(13-9-5-4-6-10-13)25(20(28)18(16)26)21-23-14-11-7-8-12-15(14)24-21/h4-12,17,26H,1-3H3,(H,23,24). The summed E-state index contributed by atoms with van der Waals surface area (Å²) in [5, 5.41) is 10.7. The summed E-state index contributed by atoms with van der Waals surface area (Å²) in [6.45, 7) is 5.31. The molecule has 1 atom stereocenters. The Kier molecular flexibility index (Phi) is 4.07. The topological polar surface area (TPSA) is 86.3 Å². The number of anilines is 1. The number of aromatic nitrogens is 2. The number of fused-ring (bicyclic) bond motifs is 1. The number of H-pyrrole nitrogens is 1. The minimum absolute atomic E-state index is 0.101. The lowest BCUT2D eigenvalue weighted by atomic mass is 9.82. The number of benzene rings is 2. The summed E-state index contributed by atoms with van der Waals surface area (Å²) in [5.74, 6) is -1.14. The Morgan fingerprint density at radius 3 is 2.36 bits per heavy atom. The molecule has 6 nitrogen and oxygen atoms in total. The maximum absolute atomic E-state index is 13.1. The van der Waals surface area contributed by atoms with Crippen LogP contribution in [0.25, 0.3) is 11.0 Å². The fourth-order valence-corrected chi connectivity index (χ4v) is 3.46. The smallest absolute Gasteiger partial charge is 0.296 e. The van der Waals surface area contributed by atoms with Gasteiger partial charge in [0, 0.05) is 5.41 Å². The molecule has 1 aliphatic rings. The van der Waals surface area contributed by atoms with Crippen LogP contribution in [0.4, 0.5) is 5.95 Å². The van der Waals surface area contributed by atoms with E-state index < -0.39 is 23.1 Å². The molecule has 4 rings (SSSR count). The SMILES string of the molecule is CC(C)(C)C(=O)C1=C(O)C(=O)N(c2nc3ccccc3[nH]2)C1c1ccccc1. The Morgan fingerprint density at radius 2 is 1.71 bits per heavy atom. The molecule has 1 aromatic heterocycles. The number of carbonyl (C=O) groups is 2. The zero-order chi connectivity index (χ0) is 20.1. The highest BCUT2D eigenvalue weighted by Crippen LogP contribution is 2.42. The first-order valence-electron chi connectivity index (χ1n) is 9.10. The molecule has 2 N–H and O–H groups in total. The predicted molar refractivity (Wildman–Crippen MR) is 107 cm³/mol. The van der Waals surface area contributed by atoms with Gasteiger partial charge in [-0.15, -0.1) is 0 Å². The van der Waals surface area contributed by atoms with Crippen LogP contribution in [0.15, 0.2) is 65.9 Å². The second kappa shape index (κ2) is 6.34. The molecule has 0 saturated heterocycles. The molecular weight excluding hydrogens is 354 g/mol. The van der Waals surface area contributed by atoms with Crippen molar-refractivity contribution in [3.63, 3.8) is 0 Å². The van der Waals surface area contributed by atoms with E-state index in [2.05, 4.69) is 9.97 Å². The van der Waals surface area contributed by atoms with Crippen LogP contribution in [0.1, 0.15) is 32.4 Å². The first-order valence-corrected chi connectivity index (χ1v) is 9.10. The van der Waals surface area contributed by atoms with Gasteiger partial charge in [-0.1, -0.05) is 63.2 Å². The Morgan fingerprint density at radius 1 is 1.07 bits per heavy atom. The van der Waals surface area contributed by atoms with Crippen LogP contribution in [0, 0.1) is 5.41 Å². The van der Waals surface area contributed by atoms with E-state index in [9.17, 15) is 14.7 Å². The van der Waals surface area contributed by atoms with E-state index in [-0.39, 0.29) is 11.4 Å². The van der Waals surface area contributed by atoms with Crippen molar-refractivity contribution in [1.82, 2.24) is 9.97 Å². The predicted octanol–water partition coefficient (Wildman–Crippen LogP) is 4.08. The fraction of sp³-hybridized carbons (Fsp3) is 0.227. The maximum Gasteiger partial charge on any atom is 0.296 e. The van der Waals surface area contributed by atoms with Gasteiger partial charge in [0.25, 0.3) is 5.91 Å². The lowest BCUT2D eigenvalue weighted by Gasteiger charge is -2.27. The summed E-state index contributed by atoms with van der Waals surface area (Å²) in [5.41, 5.74) is 1.55. The van der Waals surface area contributed by atoms with E-state index in [4.69, 9.17) is 0 Å². The van der Waals surface area contributed by atoms with Crippen LogP contribution in [0.3, 0.4) is 0 Å². The van der Waals surface area contributed by atoms with Gasteiger partial charge in [0.05, 0.1) is 22.6 Å². The van der Waals surface area contributed by atoms with Gasteiger partial charge in [-0.25, -0.2) is 4.98 Å². The lowest BCUT2D eigenvalue weighted by molar-refractivity contribution is -0.123. The second-order valence-corrected chi connectivity index (χ2v) is 7.91. The highest BCUT2D eigenvalue weighted by molar-refractivity contribution is 6.17. The molecule has 3 aromatic rings. The van der Waals surface area contributed by atoms with Crippen LogP contribution >= 0.6 is 0 Å². The van der Waals surface area contributed by atoms with Crippen molar-refractivity contribution in [2.24, 2.45) is 5.41 Å². The molecule has 0 bridgehead atoms. The number of imidazole rings is 1. The number of para-hydroxylation sites is 2. The van der Waals surface area contributed by atoms with E-state index in [1.807, 2.05) is 54.6 Å². The van der Waals surface area contributed by atoms with Gasteiger partial charge in [0.15, 0.2) is 11.5 Å². The maximum atomic E-state index is 13.1. The summed E-state index contributed by atoms with van der Waals surface area (Å²) in [6.07, 6.45) is 0. The van der Waals surface area contributed by atoms with Crippen LogP contribution in [0.5, 0.6) is 0 Å². The number of ketones is 1. The van der Waals surface area contributed by atoms with Gasteiger partial charge in [-0.3, -0.25) is 14.5 Å². The van der Waals surface area contributed by atoms with Crippen molar-refractivity contribution in [3.05, 3.63) is 71.5 Å². The molecule has 28 heavy (non-hydrogen) atoms. The third-order valence-electron chi connectivity index (χ3n) is 4.85. The van der Waals surface area contributed by atoms with Gasteiger partial charge in [-0.05, 0) is 17.7 Å². The molecule has 1 unspecified atom stereocenters. The van der Waals surface area contributed by atoms with E-state index >= 15 is 0 Å². The monoisotopic (exact) mass is 375 g/mol. The molecule has 0 saturated carbocycles. The normalized spacial score (nSPS) is 17.6. The number of nitrogens with one attached hydrogen (secondary N) is 1. The molecule has 1 amide bonds. The molecule has 0 radical (unpaired) electrons. The number of aliphatic hydroxyl groups excluding tert-OH is 1. The third-order valence-corrected chi connectivity index (χ3v) is 4.85. The van der Waals surface area contributed by atoms with Crippen molar-refractivity contribution >= 4 is 28.7 Å². The van der Waals surface area contributed by atoms with Crippen molar-refractivity contribution in [3.8, 4) is 0 Å². The molecule has 2 aromatic carbocycles. The number of hydrogen-bond donors (Lipinski definition) is 2. The number of rotatable bonds is 3. The number of hydrogen-bond acceptors (Lipinski definition) is 4. The lowest BCUT2D eigenvalue weighted by Crippen LogP contribution is -2.33. The Hall–Kier alpha value is -3.41. The molecule has 2 heterocycles. The summed E-state index contributed by atoms with van der Waals surface area (Å²) in [7, 11) is 0. The number of aromatic amines is 1. The molecule has 0 aliphatic carbocycles. The van der Waals surface area contributed by atoms with Crippen molar-refractivity contribution in [1.29, 1.82) is 0 Å². The summed E-state index contributed by atoms with van der Waals surface area (Å²) in [4.78, 5) is 35.1. The highest BCUT2D eigenvalue weighted by atomic mass is 16.3. The van der Waals surface area contributed by atoms with E-state index in [0.717, 1.165) is 11.1 Å². The van der Waals surface area contributed by atoms with Gasteiger partial charge >= 0.3 is 0 Å². The van der Waals surface area contributed by atoms with E-state index in [0.29, 0.717) is 11.5 Å². The molecular formula is C22H21N3O3. The molecule has 6 heteroatoms. The van der Waals surface area contributed by atoms with E-state index in [1.54, 1.807) is 20.8 Å². The molecule has 1 aliphatic heterocycles. The average molecular weight is 375 g/mol. The first kappa shape index (κ1) is 18.0. The van der Waals surface area contributed by atoms with Crippen LogP contribution in [-0.4, -0.2) is 26.8 Å². The Bertz CT molecular complexity index is 1070. The first-order chi connectivity index (χ1) is 13.3. The van der Waals surface area contributed by atoms with Crippen LogP contribution in [0.2, 0.25) is 0 Å². The number of aliphatic hydroxyl groups is 1. The average Bonchev–Trinajstić information content (AvgIpc) is 3.20. The minimum atomic E-state index is -0.749. The van der Waals surface area contributed by atoms with Crippen molar-refractivity contribution < 1.29 is 14.7 Å². The van der Waals surface area contributed by atoms with Crippen LogP contribution in [-0.2, 0) is 9.59 Å². The number of amides is 1. The fourth-order valence-electron chi connectivity index (χ4n) is 3.46. The summed E-state index contributed by atoms with van der Waals surface area (Å²) in [6, 6.07) is 15.9. The van der Waals surface area contributed by atoms with Crippen molar-refractivity contribution in [2.75, 3.05) is 4.90 Å². The highest BCUT2D eigenvalue weighted by Gasteiger charge is 2.47. The zero-order valence-corrected chi connectivity index (χ0v) is 15.9. The molecule has 142 valence electrons. The molecule has 0 fully saturated rings. The van der Waals surface area contributed by atoms with Gasteiger partial charge in [-0.2, -0.15) is 0 Å². The quantitative estimate of drug-likeness (QED) is 0.722. The Labute approximate surface area is 162 Å². The zero-order valence-electron chi connectivity index (χ0n) is 15.9. The second-order valence-electron chi connectivity index (χ2n) is 7.91. The summed E-state index contributed by atoms with van der Waals surface area (Å²) < 4.78 is 0. The Balaban J connectivity index is 1.91. The number of carbonyl (C=O) groups excluding carboxylic acids is 2. The van der Waals surface area contributed by atoms with Crippen LogP contribution < -0.4 is 4.90 Å². The van der Waals surface area contributed by atoms with Gasteiger partial charge < -0.3 is 10.1 Å². The van der Waals surface area contributed by atoms with Gasteiger partial charge in [0.1, 0.15) is 0 Å². The van der Waals surface area contributed by atoms with E-state index in [1.165, 1.54) is 4.90 Å². The molecule has 0 spiro atoms. The van der Waals surface area contributed by atoms with Crippen molar-refractivity contribution in [2.45, 2.75) is 26.8 Å². The number of Topliss-reactive ketones (excluding diaryl/α,β-unsaturated/α-hetero) is 1. The third kappa shape index (κ3) is 2.78. The largest absolute Gasteiger partial charge is 0.503 e. The summed E-state index contributed by atoms with van der Waals surface area (Å²) >= 11 is 0. The van der Waals surface area contributed by atoms with Gasteiger partial charge in [0.2, 0.25) is 5.95 Å². The minimum Gasteiger partial charge on any atom is -0.503 e. The number of nitrogens with zero attached hydrogens (tertiary/aromatic N) is 2.